The Hall–Kier alpha value is -3.46. The van der Waals surface area contributed by atoms with Gasteiger partial charge in [0.25, 0.3) is 0 Å². The van der Waals surface area contributed by atoms with Crippen LogP contribution in [0, 0.1) is 11.8 Å². The van der Waals surface area contributed by atoms with E-state index < -0.39 is 34.4 Å². The second-order valence-corrected chi connectivity index (χ2v) is 10.2. The fourth-order valence-corrected chi connectivity index (χ4v) is 6.06. The van der Waals surface area contributed by atoms with Gasteiger partial charge in [-0.2, -0.15) is 0 Å². The van der Waals surface area contributed by atoms with E-state index in [1.165, 1.54) is 6.92 Å². The van der Waals surface area contributed by atoms with Gasteiger partial charge in [-0.15, -0.1) is 0 Å². The second kappa shape index (κ2) is 8.89. The highest BCUT2D eigenvalue weighted by Gasteiger charge is 2.57. The van der Waals surface area contributed by atoms with Gasteiger partial charge < -0.3 is 25.5 Å². The number of hydrogen-bond acceptors (Lipinski definition) is 8. The quantitative estimate of drug-likeness (QED) is 0.360. The minimum absolute atomic E-state index is 0.0362. The Morgan fingerprint density at radius 1 is 1.19 bits per heavy atom. The monoisotopic (exact) mass is 496 g/mol. The highest BCUT2D eigenvalue weighted by Crippen LogP contribution is 2.53. The molecule has 3 atom stereocenters. The predicted octanol–water partition coefficient (Wildman–Crippen LogP) is 2.99. The van der Waals surface area contributed by atoms with Crippen molar-refractivity contribution in [3.05, 3.63) is 39.7 Å². The zero-order valence-corrected chi connectivity index (χ0v) is 21.2. The summed E-state index contributed by atoms with van der Waals surface area (Å²) in [5.74, 6) is -4.09. The van der Waals surface area contributed by atoms with Crippen LogP contribution in [-0.4, -0.2) is 58.3 Å². The SMILES string of the molecule is CCCC(=O)Nc1cc(N(C)C)c2c(c1O)C(=O)C1=C(C)[C@]3(O)C(=O)C(C(C)=O)=C(O)C[C@@H]3C[C@@H]1C2. The molecule has 0 heterocycles. The molecule has 1 amide bonds. The number of nitrogens with zero attached hydrogens (tertiary/aromatic N) is 1. The summed E-state index contributed by atoms with van der Waals surface area (Å²) in [5.41, 5.74) is -0.717. The second-order valence-electron chi connectivity index (χ2n) is 10.2. The number of anilines is 2. The van der Waals surface area contributed by atoms with E-state index in [0.29, 0.717) is 24.1 Å². The Kier molecular flexibility index (Phi) is 6.33. The summed E-state index contributed by atoms with van der Waals surface area (Å²) >= 11 is 0. The predicted molar refractivity (Wildman–Crippen MR) is 133 cm³/mol. The summed E-state index contributed by atoms with van der Waals surface area (Å²) in [7, 11) is 3.61. The molecule has 0 radical (unpaired) electrons. The molecular weight excluding hydrogens is 464 g/mol. The number of aliphatic hydroxyl groups is 2. The minimum Gasteiger partial charge on any atom is -0.511 e. The fourth-order valence-electron chi connectivity index (χ4n) is 6.06. The maximum Gasteiger partial charge on any atom is 0.224 e. The highest BCUT2D eigenvalue weighted by molar-refractivity contribution is 6.25. The van der Waals surface area contributed by atoms with Crippen molar-refractivity contribution in [1.82, 2.24) is 0 Å². The van der Waals surface area contributed by atoms with E-state index in [2.05, 4.69) is 5.32 Å². The maximum absolute atomic E-state index is 13.9. The number of carbonyl (C=O) groups is 4. The zero-order chi connectivity index (χ0) is 26.7. The largest absolute Gasteiger partial charge is 0.511 e. The molecule has 1 aromatic rings. The highest BCUT2D eigenvalue weighted by atomic mass is 16.3. The Labute approximate surface area is 209 Å². The standard InChI is InChI=1S/C27H32N2O7/c1-6-7-20(32)28-17-11-18(29(4)5)16-9-14-8-15-10-19(31)22(13(3)30)26(35)27(15,36)12(2)21(14)25(34)23(16)24(17)33/h11,14-15,31,33,36H,6-10H2,1-5H3,(H,28,32)/t14-,15+,27-/m1/s1. The Morgan fingerprint density at radius 3 is 2.44 bits per heavy atom. The number of aromatic hydroxyl groups is 1. The molecule has 4 rings (SSSR count). The number of amides is 1. The topological polar surface area (TPSA) is 144 Å². The Balaban J connectivity index is 1.90. The van der Waals surface area contributed by atoms with Crippen LogP contribution in [0.3, 0.4) is 0 Å². The number of rotatable bonds is 5. The Bertz CT molecular complexity index is 1270. The van der Waals surface area contributed by atoms with Crippen LogP contribution in [-0.2, 0) is 20.8 Å². The van der Waals surface area contributed by atoms with Crippen molar-refractivity contribution < 1.29 is 34.5 Å². The van der Waals surface area contributed by atoms with Crippen LogP contribution in [0.5, 0.6) is 5.75 Å². The molecule has 4 N–H and O–H groups in total. The van der Waals surface area contributed by atoms with E-state index in [1.807, 2.05) is 6.92 Å². The molecule has 0 unspecified atom stereocenters. The lowest BCUT2D eigenvalue weighted by atomic mass is 9.58. The van der Waals surface area contributed by atoms with Gasteiger partial charge in [-0.05, 0) is 56.2 Å². The van der Waals surface area contributed by atoms with E-state index in [1.54, 1.807) is 25.1 Å². The third kappa shape index (κ3) is 3.64. The first kappa shape index (κ1) is 25.6. The average molecular weight is 497 g/mol. The van der Waals surface area contributed by atoms with Gasteiger partial charge in [0.2, 0.25) is 11.7 Å². The molecule has 0 saturated heterocycles. The van der Waals surface area contributed by atoms with Crippen LogP contribution in [0.1, 0.15) is 62.4 Å². The molecule has 0 saturated carbocycles. The number of ketones is 3. The number of fused-ring (bicyclic) bond motifs is 3. The first-order chi connectivity index (χ1) is 16.8. The van der Waals surface area contributed by atoms with Gasteiger partial charge in [0.1, 0.15) is 11.3 Å². The van der Waals surface area contributed by atoms with Crippen molar-refractivity contribution in [3.63, 3.8) is 0 Å². The van der Waals surface area contributed by atoms with Gasteiger partial charge in [-0.25, -0.2) is 0 Å². The lowest BCUT2D eigenvalue weighted by Gasteiger charge is -2.47. The summed E-state index contributed by atoms with van der Waals surface area (Å²) in [5, 5.41) is 35.8. The molecule has 0 spiro atoms. The lowest BCUT2D eigenvalue weighted by molar-refractivity contribution is -0.140. The summed E-state index contributed by atoms with van der Waals surface area (Å²) < 4.78 is 0. The van der Waals surface area contributed by atoms with Crippen molar-refractivity contribution in [2.45, 2.75) is 58.5 Å². The minimum atomic E-state index is -2.10. The van der Waals surface area contributed by atoms with Gasteiger partial charge in [0.05, 0.1) is 11.3 Å². The molecule has 36 heavy (non-hydrogen) atoms. The van der Waals surface area contributed by atoms with Crippen molar-refractivity contribution >= 4 is 34.6 Å². The van der Waals surface area contributed by atoms with Gasteiger partial charge >= 0.3 is 0 Å². The molecule has 192 valence electrons. The summed E-state index contributed by atoms with van der Waals surface area (Å²) in [4.78, 5) is 53.3. The third-order valence-electron chi connectivity index (χ3n) is 7.74. The van der Waals surface area contributed by atoms with E-state index in [0.717, 1.165) is 6.92 Å². The molecular formula is C27H32N2O7. The molecule has 0 aromatic heterocycles. The summed E-state index contributed by atoms with van der Waals surface area (Å²) in [6.07, 6.45) is 1.43. The number of benzene rings is 1. The van der Waals surface area contributed by atoms with Crippen LogP contribution in [0.4, 0.5) is 11.4 Å². The van der Waals surface area contributed by atoms with E-state index in [-0.39, 0.29) is 65.0 Å². The number of hydrogen-bond donors (Lipinski definition) is 4. The van der Waals surface area contributed by atoms with E-state index in [4.69, 9.17) is 0 Å². The molecule has 0 bridgehead atoms. The van der Waals surface area contributed by atoms with Crippen molar-refractivity contribution in [2.75, 3.05) is 24.3 Å². The molecule has 3 aliphatic rings. The van der Waals surface area contributed by atoms with E-state index in [9.17, 15) is 34.5 Å². The van der Waals surface area contributed by atoms with Gasteiger partial charge in [0, 0.05) is 44.1 Å². The molecule has 0 fully saturated rings. The smallest absolute Gasteiger partial charge is 0.224 e. The first-order valence-corrected chi connectivity index (χ1v) is 12.2. The van der Waals surface area contributed by atoms with Crippen molar-refractivity contribution in [2.24, 2.45) is 11.8 Å². The van der Waals surface area contributed by atoms with Crippen LogP contribution in [0.2, 0.25) is 0 Å². The lowest BCUT2D eigenvalue weighted by Crippen LogP contribution is -2.56. The number of carbonyl (C=O) groups excluding carboxylic acids is 4. The normalized spacial score (nSPS) is 25.3. The van der Waals surface area contributed by atoms with Crippen molar-refractivity contribution in [3.8, 4) is 5.75 Å². The van der Waals surface area contributed by atoms with Crippen LogP contribution < -0.4 is 10.2 Å². The fraction of sp³-hybridized carbons (Fsp3) is 0.481. The van der Waals surface area contributed by atoms with Crippen LogP contribution in [0.25, 0.3) is 0 Å². The van der Waals surface area contributed by atoms with Gasteiger partial charge in [-0.3, -0.25) is 19.2 Å². The molecule has 1 aromatic carbocycles. The average Bonchev–Trinajstić information content (AvgIpc) is 2.77. The van der Waals surface area contributed by atoms with Crippen LogP contribution in [0.15, 0.2) is 28.5 Å². The summed E-state index contributed by atoms with van der Waals surface area (Å²) in [6, 6.07) is 1.65. The zero-order valence-electron chi connectivity index (χ0n) is 21.2. The number of phenolic OH excluding ortho intramolecular Hbond substituents is 1. The number of aliphatic hydroxyl groups excluding tert-OH is 1. The molecule has 9 heteroatoms. The van der Waals surface area contributed by atoms with Gasteiger partial charge in [0.15, 0.2) is 22.9 Å². The number of allylic oxidation sites excluding steroid dienone is 2. The van der Waals surface area contributed by atoms with Crippen molar-refractivity contribution in [1.29, 1.82) is 0 Å². The molecule has 3 aliphatic carbocycles. The Morgan fingerprint density at radius 2 is 1.86 bits per heavy atom. The molecule has 0 aliphatic heterocycles. The van der Waals surface area contributed by atoms with Gasteiger partial charge in [-0.1, -0.05) is 6.92 Å². The number of phenols is 1. The van der Waals surface area contributed by atoms with E-state index >= 15 is 0 Å². The number of Topliss-reactive ketones (excluding diaryl/α,β-unsaturated/α-hetero) is 3. The van der Waals surface area contributed by atoms with Crippen LogP contribution >= 0.6 is 0 Å². The molecule has 9 nitrogen and oxygen atoms in total. The maximum atomic E-state index is 13.9. The summed E-state index contributed by atoms with van der Waals surface area (Å²) in [6.45, 7) is 4.52. The first-order valence-electron chi connectivity index (χ1n) is 12.2. The third-order valence-corrected chi connectivity index (χ3v) is 7.74. The number of nitrogens with one attached hydrogen (secondary N) is 1.